The monoisotopic (exact) mass is 237 g/mol. The third kappa shape index (κ3) is 3.09. The Morgan fingerprint density at radius 3 is 2.65 bits per heavy atom. The minimum atomic E-state index is 0.218. The molecule has 96 valence electrons. The topological polar surface area (TPSA) is 29.5 Å². The molecule has 0 spiro atoms. The van der Waals surface area contributed by atoms with Gasteiger partial charge in [-0.25, -0.2) is 0 Å². The molecule has 0 aromatic carbocycles. The summed E-state index contributed by atoms with van der Waals surface area (Å²) in [5, 5.41) is 0. The summed E-state index contributed by atoms with van der Waals surface area (Å²) in [5.41, 5.74) is 1.34. The summed E-state index contributed by atoms with van der Waals surface area (Å²) in [6.45, 7) is 5.50. The SMILES string of the molecule is CC1COCC(C)N1C(=O)CC1=CCCCC1. The van der Waals surface area contributed by atoms with Crippen LogP contribution in [0.1, 0.15) is 46.0 Å². The highest BCUT2D eigenvalue weighted by molar-refractivity contribution is 5.79. The number of nitrogens with zero attached hydrogens (tertiary/aromatic N) is 1. The Bertz CT molecular complexity index is 301. The molecule has 2 atom stereocenters. The van der Waals surface area contributed by atoms with E-state index in [1.165, 1.54) is 18.4 Å². The van der Waals surface area contributed by atoms with E-state index in [-0.39, 0.29) is 18.0 Å². The molecule has 2 aliphatic rings. The minimum absolute atomic E-state index is 0.218. The molecule has 0 aromatic heterocycles. The number of ether oxygens (including phenoxy) is 1. The molecule has 0 radical (unpaired) electrons. The Kier molecular flexibility index (Phi) is 4.21. The van der Waals surface area contributed by atoms with Gasteiger partial charge in [0, 0.05) is 6.42 Å². The molecule has 1 saturated heterocycles. The molecular formula is C14H23NO2. The van der Waals surface area contributed by atoms with Gasteiger partial charge in [-0.15, -0.1) is 0 Å². The summed E-state index contributed by atoms with van der Waals surface area (Å²) in [6.07, 6.45) is 7.66. The number of carbonyl (C=O) groups is 1. The summed E-state index contributed by atoms with van der Waals surface area (Å²) in [5.74, 6) is 0.279. The molecule has 2 rings (SSSR count). The Balaban J connectivity index is 1.95. The standard InChI is InChI=1S/C14H23NO2/c1-11-9-17-10-12(2)15(11)14(16)8-13-6-4-3-5-7-13/h6,11-12H,3-5,7-10H2,1-2H3. The molecular weight excluding hydrogens is 214 g/mol. The molecule has 1 amide bonds. The van der Waals surface area contributed by atoms with Crippen molar-refractivity contribution in [2.45, 2.75) is 58.0 Å². The lowest BCUT2D eigenvalue weighted by Gasteiger charge is -2.39. The summed E-state index contributed by atoms with van der Waals surface area (Å²) < 4.78 is 5.46. The lowest BCUT2D eigenvalue weighted by atomic mass is 9.96. The van der Waals surface area contributed by atoms with Crippen molar-refractivity contribution in [2.24, 2.45) is 0 Å². The summed E-state index contributed by atoms with van der Waals surface area (Å²) in [6, 6.07) is 0.436. The van der Waals surface area contributed by atoms with Crippen molar-refractivity contribution in [3.8, 4) is 0 Å². The van der Waals surface area contributed by atoms with Crippen LogP contribution in [0.3, 0.4) is 0 Å². The molecule has 2 unspecified atom stereocenters. The summed E-state index contributed by atoms with van der Waals surface area (Å²) in [7, 11) is 0. The Morgan fingerprint density at radius 2 is 2.06 bits per heavy atom. The van der Waals surface area contributed by atoms with Gasteiger partial charge in [0.25, 0.3) is 0 Å². The number of rotatable bonds is 2. The maximum atomic E-state index is 12.3. The molecule has 1 aliphatic heterocycles. The molecule has 3 nitrogen and oxygen atoms in total. The van der Waals surface area contributed by atoms with Crippen LogP contribution in [-0.2, 0) is 9.53 Å². The summed E-state index contributed by atoms with van der Waals surface area (Å²) in [4.78, 5) is 14.3. The van der Waals surface area contributed by atoms with Gasteiger partial charge in [0.15, 0.2) is 0 Å². The van der Waals surface area contributed by atoms with Crippen LogP contribution in [0.2, 0.25) is 0 Å². The largest absolute Gasteiger partial charge is 0.377 e. The van der Waals surface area contributed by atoms with Crippen molar-refractivity contribution in [2.75, 3.05) is 13.2 Å². The zero-order chi connectivity index (χ0) is 12.3. The lowest BCUT2D eigenvalue weighted by molar-refractivity contribution is -0.143. The first-order chi connectivity index (χ1) is 8.18. The maximum absolute atomic E-state index is 12.3. The van der Waals surface area contributed by atoms with Gasteiger partial charge in [-0.2, -0.15) is 0 Å². The fourth-order valence-electron chi connectivity index (χ4n) is 2.85. The zero-order valence-corrected chi connectivity index (χ0v) is 10.9. The van der Waals surface area contributed by atoms with Crippen molar-refractivity contribution in [3.63, 3.8) is 0 Å². The van der Waals surface area contributed by atoms with Gasteiger partial charge in [-0.1, -0.05) is 11.6 Å². The van der Waals surface area contributed by atoms with Crippen LogP contribution in [-0.4, -0.2) is 36.1 Å². The predicted octanol–water partition coefficient (Wildman–Crippen LogP) is 2.51. The van der Waals surface area contributed by atoms with E-state index in [9.17, 15) is 4.79 Å². The number of carbonyl (C=O) groups excluding carboxylic acids is 1. The highest BCUT2D eigenvalue weighted by Gasteiger charge is 2.29. The van der Waals surface area contributed by atoms with Crippen LogP contribution in [0.5, 0.6) is 0 Å². The van der Waals surface area contributed by atoms with Gasteiger partial charge in [0.2, 0.25) is 5.91 Å². The van der Waals surface area contributed by atoms with Crippen molar-refractivity contribution in [1.82, 2.24) is 4.90 Å². The van der Waals surface area contributed by atoms with E-state index in [1.807, 2.05) is 4.90 Å². The van der Waals surface area contributed by atoms with Crippen molar-refractivity contribution in [1.29, 1.82) is 0 Å². The molecule has 0 N–H and O–H groups in total. The quantitative estimate of drug-likeness (QED) is 0.691. The Hall–Kier alpha value is -0.830. The first-order valence-corrected chi connectivity index (χ1v) is 6.75. The van der Waals surface area contributed by atoms with Crippen molar-refractivity contribution in [3.05, 3.63) is 11.6 Å². The first kappa shape index (κ1) is 12.6. The number of morpholine rings is 1. The summed E-state index contributed by atoms with van der Waals surface area (Å²) >= 11 is 0. The average Bonchev–Trinajstić information content (AvgIpc) is 2.30. The molecule has 1 fully saturated rings. The van der Waals surface area contributed by atoms with E-state index < -0.39 is 0 Å². The van der Waals surface area contributed by atoms with Crippen LogP contribution in [0.25, 0.3) is 0 Å². The normalized spacial score (nSPS) is 30.0. The van der Waals surface area contributed by atoms with E-state index in [0.717, 1.165) is 12.8 Å². The van der Waals surface area contributed by atoms with Crippen LogP contribution in [0.15, 0.2) is 11.6 Å². The van der Waals surface area contributed by atoms with E-state index in [1.54, 1.807) is 0 Å². The van der Waals surface area contributed by atoms with E-state index in [0.29, 0.717) is 19.6 Å². The third-order valence-electron chi connectivity index (χ3n) is 3.72. The Labute approximate surface area is 104 Å². The van der Waals surface area contributed by atoms with Crippen LogP contribution in [0.4, 0.5) is 0 Å². The fourth-order valence-corrected chi connectivity index (χ4v) is 2.85. The van der Waals surface area contributed by atoms with Crippen molar-refractivity contribution >= 4 is 5.91 Å². The minimum Gasteiger partial charge on any atom is -0.377 e. The zero-order valence-electron chi connectivity index (χ0n) is 10.9. The molecule has 17 heavy (non-hydrogen) atoms. The van der Waals surface area contributed by atoms with Crippen LogP contribution >= 0.6 is 0 Å². The molecule has 0 saturated carbocycles. The highest BCUT2D eigenvalue weighted by atomic mass is 16.5. The van der Waals surface area contributed by atoms with E-state index >= 15 is 0 Å². The number of hydrogen-bond acceptors (Lipinski definition) is 2. The van der Waals surface area contributed by atoms with Crippen molar-refractivity contribution < 1.29 is 9.53 Å². The molecule has 0 bridgehead atoms. The second kappa shape index (κ2) is 5.67. The maximum Gasteiger partial charge on any atom is 0.227 e. The molecule has 0 aromatic rings. The van der Waals surface area contributed by atoms with Gasteiger partial charge in [0.05, 0.1) is 25.3 Å². The van der Waals surface area contributed by atoms with Gasteiger partial charge in [0.1, 0.15) is 0 Å². The number of hydrogen-bond donors (Lipinski definition) is 0. The fraction of sp³-hybridized carbons (Fsp3) is 0.786. The van der Waals surface area contributed by atoms with E-state index in [4.69, 9.17) is 4.74 Å². The first-order valence-electron chi connectivity index (χ1n) is 6.75. The van der Waals surface area contributed by atoms with Crippen LogP contribution in [0, 0.1) is 0 Å². The highest BCUT2D eigenvalue weighted by Crippen LogP contribution is 2.23. The van der Waals surface area contributed by atoms with Gasteiger partial charge in [-0.05, 0) is 39.5 Å². The average molecular weight is 237 g/mol. The molecule has 3 heteroatoms. The van der Waals surface area contributed by atoms with Crippen LogP contribution < -0.4 is 0 Å². The third-order valence-corrected chi connectivity index (χ3v) is 3.72. The number of allylic oxidation sites excluding steroid dienone is 1. The second-order valence-corrected chi connectivity index (χ2v) is 5.32. The lowest BCUT2D eigenvalue weighted by Crippen LogP contribution is -2.52. The smallest absolute Gasteiger partial charge is 0.227 e. The predicted molar refractivity (Wildman–Crippen MR) is 67.8 cm³/mol. The Morgan fingerprint density at radius 1 is 1.35 bits per heavy atom. The van der Waals surface area contributed by atoms with Gasteiger partial charge < -0.3 is 9.64 Å². The molecule has 1 heterocycles. The number of amides is 1. The molecule has 1 aliphatic carbocycles. The van der Waals surface area contributed by atoms with Gasteiger partial charge in [-0.3, -0.25) is 4.79 Å². The second-order valence-electron chi connectivity index (χ2n) is 5.32. The van der Waals surface area contributed by atoms with Gasteiger partial charge >= 0.3 is 0 Å². The van der Waals surface area contributed by atoms with E-state index in [2.05, 4.69) is 19.9 Å².